The van der Waals surface area contributed by atoms with Crippen molar-refractivity contribution < 1.29 is 18.9 Å². The maximum atomic E-state index is 11.4. The van der Waals surface area contributed by atoms with E-state index in [2.05, 4.69) is 47.6 Å². The molecule has 2 rings (SSSR count). The van der Waals surface area contributed by atoms with Gasteiger partial charge in [0.1, 0.15) is 5.75 Å². The molecule has 5 heteroatoms. The van der Waals surface area contributed by atoms with Crippen LogP contribution in [0.25, 0.3) is 11.1 Å². The minimum atomic E-state index is -4.64. The molecule has 0 aromatic heterocycles. The topological polar surface area (TPSA) is 66.8 Å². The summed E-state index contributed by atoms with van der Waals surface area (Å²) in [5, 5.41) is 0. The molecule has 0 saturated carbocycles. The van der Waals surface area contributed by atoms with Crippen LogP contribution >= 0.6 is 7.82 Å². The van der Waals surface area contributed by atoms with E-state index in [-0.39, 0.29) is 16.6 Å². The maximum absolute atomic E-state index is 11.4. The van der Waals surface area contributed by atoms with Crippen LogP contribution in [0.3, 0.4) is 0 Å². The van der Waals surface area contributed by atoms with E-state index in [0.717, 1.165) is 11.1 Å². The summed E-state index contributed by atoms with van der Waals surface area (Å²) in [7, 11) is -4.64. The molecule has 0 aliphatic heterocycles. The Morgan fingerprint density at radius 2 is 1.36 bits per heavy atom. The van der Waals surface area contributed by atoms with Crippen LogP contribution in [0.4, 0.5) is 0 Å². The predicted octanol–water partition coefficient (Wildman–Crippen LogP) is 5.42. The Bertz CT molecular complexity index is 807. The second-order valence-corrected chi connectivity index (χ2v) is 9.47. The number of para-hydroxylation sites is 1. The van der Waals surface area contributed by atoms with Crippen molar-refractivity contribution in [2.75, 3.05) is 0 Å². The first-order valence-electron chi connectivity index (χ1n) is 8.29. The van der Waals surface area contributed by atoms with Crippen LogP contribution in [0.15, 0.2) is 42.5 Å². The zero-order valence-corrected chi connectivity index (χ0v) is 16.6. The summed E-state index contributed by atoms with van der Waals surface area (Å²) in [6.45, 7) is 12.9. The number of phosphoric ester groups is 1. The van der Waals surface area contributed by atoms with Gasteiger partial charge in [-0.1, -0.05) is 77.9 Å². The number of hydrogen-bond donors (Lipinski definition) is 2. The van der Waals surface area contributed by atoms with Crippen LogP contribution in [0.1, 0.15) is 52.7 Å². The number of hydrogen-bond acceptors (Lipinski definition) is 2. The fraction of sp³-hybridized carbons (Fsp3) is 0.400. The third kappa shape index (κ3) is 4.72. The molecule has 0 spiro atoms. The van der Waals surface area contributed by atoms with Gasteiger partial charge in [-0.2, -0.15) is 0 Å². The smallest absolute Gasteiger partial charge is 0.404 e. The predicted molar refractivity (Wildman–Crippen MR) is 102 cm³/mol. The van der Waals surface area contributed by atoms with Crippen LogP contribution in [0.5, 0.6) is 5.75 Å². The van der Waals surface area contributed by atoms with Crippen molar-refractivity contribution in [3.63, 3.8) is 0 Å². The van der Waals surface area contributed by atoms with Gasteiger partial charge in [0.05, 0.1) is 0 Å². The largest absolute Gasteiger partial charge is 0.524 e. The van der Waals surface area contributed by atoms with Gasteiger partial charge in [-0.15, -0.1) is 0 Å². The van der Waals surface area contributed by atoms with E-state index in [0.29, 0.717) is 5.56 Å². The van der Waals surface area contributed by atoms with Crippen molar-refractivity contribution in [2.45, 2.75) is 52.4 Å². The lowest BCUT2D eigenvalue weighted by atomic mass is 9.72. The van der Waals surface area contributed by atoms with Crippen LogP contribution in [-0.4, -0.2) is 9.79 Å². The zero-order valence-electron chi connectivity index (χ0n) is 15.7. The molecule has 0 amide bonds. The van der Waals surface area contributed by atoms with E-state index in [1.807, 2.05) is 24.3 Å². The first-order valence-corrected chi connectivity index (χ1v) is 9.82. The van der Waals surface area contributed by atoms with Crippen molar-refractivity contribution >= 4 is 7.82 Å². The van der Waals surface area contributed by atoms with E-state index in [9.17, 15) is 14.4 Å². The lowest BCUT2D eigenvalue weighted by Gasteiger charge is -2.32. The van der Waals surface area contributed by atoms with Crippen molar-refractivity contribution in [3.8, 4) is 16.9 Å². The van der Waals surface area contributed by atoms with Crippen LogP contribution < -0.4 is 4.52 Å². The molecule has 2 N–H and O–H groups in total. The molecular formula is C20H27O4P. The minimum Gasteiger partial charge on any atom is -0.404 e. The van der Waals surface area contributed by atoms with Crippen molar-refractivity contribution in [3.05, 3.63) is 53.6 Å². The Morgan fingerprint density at radius 3 is 1.88 bits per heavy atom. The quantitative estimate of drug-likeness (QED) is 0.716. The van der Waals surface area contributed by atoms with Gasteiger partial charge in [-0.25, -0.2) is 4.57 Å². The van der Waals surface area contributed by atoms with E-state index < -0.39 is 7.82 Å². The monoisotopic (exact) mass is 362 g/mol. The average Bonchev–Trinajstić information content (AvgIpc) is 2.43. The Labute approximate surface area is 150 Å². The lowest BCUT2D eigenvalue weighted by Crippen LogP contribution is -2.23. The first-order chi connectivity index (χ1) is 11.3. The summed E-state index contributed by atoms with van der Waals surface area (Å²) < 4.78 is 16.3. The molecule has 0 atom stereocenters. The van der Waals surface area contributed by atoms with E-state index in [1.54, 1.807) is 12.1 Å². The molecule has 2 aromatic rings. The molecule has 0 unspecified atom stereocenters. The van der Waals surface area contributed by atoms with Gasteiger partial charge in [0.25, 0.3) is 0 Å². The molecular weight excluding hydrogens is 335 g/mol. The van der Waals surface area contributed by atoms with E-state index >= 15 is 0 Å². The highest BCUT2D eigenvalue weighted by Crippen LogP contribution is 2.46. The van der Waals surface area contributed by atoms with Gasteiger partial charge >= 0.3 is 7.82 Å². The molecule has 0 bridgehead atoms. The van der Waals surface area contributed by atoms with E-state index in [4.69, 9.17) is 4.52 Å². The average molecular weight is 362 g/mol. The third-order valence-corrected chi connectivity index (χ3v) is 4.45. The van der Waals surface area contributed by atoms with Gasteiger partial charge in [0.2, 0.25) is 0 Å². The second kappa shape index (κ2) is 6.60. The zero-order chi connectivity index (χ0) is 19.0. The first kappa shape index (κ1) is 19.7. The molecule has 0 heterocycles. The lowest BCUT2D eigenvalue weighted by molar-refractivity contribution is 0.283. The van der Waals surface area contributed by atoms with Crippen LogP contribution in [0, 0.1) is 0 Å². The standard InChI is InChI=1S/C20H27O4P/c1-19(2,3)16-12-9-11-15(18(16)20(4,5)6)14-10-7-8-13-17(14)24-25(21,22)23/h7-13H,1-6H3,(H2,21,22,23). The van der Waals surface area contributed by atoms with Gasteiger partial charge in [0.15, 0.2) is 0 Å². The molecule has 25 heavy (non-hydrogen) atoms. The summed E-state index contributed by atoms with van der Waals surface area (Å²) in [5.74, 6) is 0.187. The van der Waals surface area contributed by atoms with Gasteiger partial charge < -0.3 is 4.52 Å². The van der Waals surface area contributed by atoms with E-state index in [1.165, 1.54) is 5.56 Å². The molecule has 0 aliphatic rings. The fourth-order valence-electron chi connectivity index (χ4n) is 3.11. The number of rotatable bonds is 3. The molecule has 4 nitrogen and oxygen atoms in total. The molecule has 0 saturated heterocycles. The number of benzene rings is 2. The molecule has 0 radical (unpaired) electrons. The highest BCUT2D eigenvalue weighted by molar-refractivity contribution is 7.46. The second-order valence-electron chi connectivity index (χ2n) is 8.31. The third-order valence-electron chi connectivity index (χ3n) is 4.02. The SMILES string of the molecule is CC(C)(C)c1cccc(-c2ccccc2OP(=O)(O)O)c1C(C)(C)C. The van der Waals surface area contributed by atoms with Gasteiger partial charge in [-0.05, 0) is 33.6 Å². The summed E-state index contributed by atoms with van der Waals surface area (Å²) in [6, 6.07) is 13.1. The Kier molecular flexibility index (Phi) is 5.21. The highest BCUT2D eigenvalue weighted by atomic mass is 31.2. The minimum absolute atomic E-state index is 0.0579. The fourth-order valence-corrected chi connectivity index (χ4v) is 3.52. The summed E-state index contributed by atoms with van der Waals surface area (Å²) >= 11 is 0. The summed E-state index contributed by atoms with van der Waals surface area (Å²) in [4.78, 5) is 18.5. The van der Waals surface area contributed by atoms with Crippen LogP contribution in [-0.2, 0) is 15.4 Å². The molecule has 136 valence electrons. The molecule has 2 aromatic carbocycles. The molecule has 0 aliphatic carbocycles. The van der Waals surface area contributed by atoms with Crippen molar-refractivity contribution in [2.24, 2.45) is 0 Å². The van der Waals surface area contributed by atoms with Crippen molar-refractivity contribution in [1.29, 1.82) is 0 Å². The summed E-state index contributed by atoms with van der Waals surface area (Å²) in [6.07, 6.45) is 0. The Morgan fingerprint density at radius 1 is 0.800 bits per heavy atom. The Hall–Kier alpha value is -1.61. The van der Waals surface area contributed by atoms with Gasteiger partial charge in [0, 0.05) is 5.56 Å². The normalized spacial score (nSPS) is 13.0. The maximum Gasteiger partial charge on any atom is 0.524 e. The molecule has 0 fully saturated rings. The van der Waals surface area contributed by atoms with Crippen molar-refractivity contribution in [1.82, 2.24) is 0 Å². The number of phosphoric acid groups is 1. The highest BCUT2D eigenvalue weighted by Gasteiger charge is 2.29. The van der Waals surface area contributed by atoms with Crippen LogP contribution in [0.2, 0.25) is 0 Å². The van der Waals surface area contributed by atoms with Gasteiger partial charge in [-0.3, -0.25) is 9.79 Å². The summed E-state index contributed by atoms with van der Waals surface area (Å²) in [5.41, 5.74) is 3.78. The Balaban J connectivity index is 2.80.